The Morgan fingerprint density at radius 3 is 2.47 bits per heavy atom. The Morgan fingerprint density at radius 1 is 1.11 bits per heavy atom. The second-order valence-electron chi connectivity index (χ2n) is 3.90. The normalized spacial score (nSPS) is 11.3. The SMILES string of the molecule is Oc1ccc(CNc2ccccc2C(F)(F)F)nc1. The standard InChI is InChI=1S/C13H11F3N2O/c14-13(15,16)11-3-1-2-4-12(11)18-7-9-5-6-10(19)8-17-9/h1-6,8,18-19H,7H2. The first-order valence-corrected chi connectivity index (χ1v) is 5.51. The average Bonchev–Trinajstić information content (AvgIpc) is 2.37. The van der Waals surface area contributed by atoms with Gasteiger partial charge in [-0.3, -0.25) is 4.98 Å². The molecule has 0 aliphatic heterocycles. The van der Waals surface area contributed by atoms with Crippen molar-refractivity contribution in [2.24, 2.45) is 0 Å². The minimum atomic E-state index is -4.40. The van der Waals surface area contributed by atoms with Crippen LogP contribution in [0.15, 0.2) is 42.6 Å². The molecule has 3 nitrogen and oxygen atoms in total. The second-order valence-corrected chi connectivity index (χ2v) is 3.90. The summed E-state index contributed by atoms with van der Waals surface area (Å²) in [5.74, 6) is 0.0134. The lowest BCUT2D eigenvalue weighted by Crippen LogP contribution is -2.11. The van der Waals surface area contributed by atoms with Gasteiger partial charge in [-0.15, -0.1) is 0 Å². The van der Waals surface area contributed by atoms with Crippen molar-refractivity contribution in [3.05, 3.63) is 53.9 Å². The largest absolute Gasteiger partial charge is 0.506 e. The zero-order valence-corrected chi connectivity index (χ0v) is 9.78. The maximum Gasteiger partial charge on any atom is 0.418 e. The van der Waals surface area contributed by atoms with Gasteiger partial charge in [0, 0.05) is 5.69 Å². The van der Waals surface area contributed by atoms with Crippen LogP contribution in [0.5, 0.6) is 5.75 Å². The van der Waals surface area contributed by atoms with E-state index in [0.717, 1.165) is 6.07 Å². The smallest absolute Gasteiger partial charge is 0.418 e. The topological polar surface area (TPSA) is 45.1 Å². The Kier molecular flexibility index (Phi) is 3.59. The molecule has 0 fully saturated rings. The molecule has 2 N–H and O–H groups in total. The van der Waals surface area contributed by atoms with Crippen molar-refractivity contribution in [2.75, 3.05) is 5.32 Å². The van der Waals surface area contributed by atoms with E-state index in [4.69, 9.17) is 5.11 Å². The van der Waals surface area contributed by atoms with E-state index in [1.165, 1.54) is 30.5 Å². The van der Waals surface area contributed by atoms with E-state index in [0.29, 0.717) is 5.69 Å². The van der Waals surface area contributed by atoms with Gasteiger partial charge in [0.2, 0.25) is 0 Å². The van der Waals surface area contributed by atoms with Gasteiger partial charge in [-0.25, -0.2) is 0 Å². The zero-order chi connectivity index (χ0) is 13.9. The Morgan fingerprint density at radius 2 is 1.84 bits per heavy atom. The Balaban J connectivity index is 2.14. The fourth-order valence-electron chi connectivity index (χ4n) is 1.59. The number of hydrogen-bond acceptors (Lipinski definition) is 3. The molecule has 100 valence electrons. The molecule has 0 saturated heterocycles. The van der Waals surface area contributed by atoms with Gasteiger partial charge in [-0.1, -0.05) is 12.1 Å². The molecular weight excluding hydrogens is 257 g/mol. The van der Waals surface area contributed by atoms with E-state index < -0.39 is 11.7 Å². The number of pyridine rings is 1. The number of nitrogens with zero attached hydrogens (tertiary/aromatic N) is 1. The van der Waals surface area contributed by atoms with Crippen molar-refractivity contribution < 1.29 is 18.3 Å². The third kappa shape index (κ3) is 3.37. The number of hydrogen-bond donors (Lipinski definition) is 2. The second kappa shape index (κ2) is 5.17. The highest BCUT2D eigenvalue weighted by molar-refractivity contribution is 5.52. The molecule has 0 aliphatic rings. The fourth-order valence-corrected chi connectivity index (χ4v) is 1.59. The number of halogens is 3. The molecular formula is C13H11F3N2O. The van der Waals surface area contributed by atoms with Crippen LogP contribution in [0.4, 0.5) is 18.9 Å². The van der Waals surface area contributed by atoms with Gasteiger partial charge >= 0.3 is 6.18 Å². The highest BCUT2D eigenvalue weighted by Gasteiger charge is 2.32. The van der Waals surface area contributed by atoms with Crippen LogP contribution in [0.3, 0.4) is 0 Å². The summed E-state index contributed by atoms with van der Waals surface area (Å²) in [6, 6.07) is 8.22. The number of aromatic hydroxyl groups is 1. The van der Waals surface area contributed by atoms with Crippen molar-refractivity contribution in [3.8, 4) is 5.75 Å². The van der Waals surface area contributed by atoms with Gasteiger partial charge in [0.25, 0.3) is 0 Å². The van der Waals surface area contributed by atoms with Gasteiger partial charge in [-0.2, -0.15) is 13.2 Å². The zero-order valence-electron chi connectivity index (χ0n) is 9.78. The minimum absolute atomic E-state index is 0.00451. The summed E-state index contributed by atoms with van der Waals surface area (Å²) in [7, 11) is 0. The number of benzene rings is 1. The molecule has 0 saturated carbocycles. The Bertz CT molecular complexity index is 553. The summed E-state index contributed by atoms with van der Waals surface area (Å²) in [6.45, 7) is 0.146. The molecule has 0 amide bonds. The summed E-state index contributed by atoms with van der Waals surface area (Å²) < 4.78 is 38.2. The quantitative estimate of drug-likeness (QED) is 0.896. The van der Waals surface area contributed by atoms with Gasteiger partial charge in [0.1, 0.15) is 5.75 Å². The van der Waals surface area contributed by atoms with E-state index in [9.17, 15) is 13.2 Å². The van der Waals surface area contributed by atoms with Crippen LogP contribution in [0.1, 0.15) is 11.3 Å². The van der Waals surface area contributed by atoms with Crippen LogP contribution in [-0.2, 0) is 12.7 Å². The van der Waals surface area contributed by atoms with Crippen LogP contribution < -0.4 is 5.32 Å². The molecule has 2 rings (SSSR count). The molecule has 0 spiro atoms. The lowest BCUT2D eigenvalue weighted by Gasteiger charge is -2.14. The van der Waals surface area contributed by atoms with Crippen molar-refractivity contribution >= 4 is 5.69 Å². The highest BCUT2D eigenvalue weighted by atomic mass is 19.4. The van der Waals surface area contributed by atoms with Gasteiger partial charge in [-0.05, 0) is 24.3 Å². The predicted molar refractivity (Wildman–Crippen MR) is 64.7 cm³/mol. The van der Waals surface area contributed by atoms with Gasteiger partial charge in [0.15, 0.2) is 0 Å². The first kappa shape index (κ1) is 13.2. The van der Waals surface area contributed by atoms with Gasteiger partial charge < -0.3 is 10.4 Å². The third-order valence-corrected chi connectivity index (χ3v) is 2.50. The molecule has 0 radical (unpaired) electrons. The number of aromatic nitrogens is 1. The van der Waals surface area contributed by atoms with E-state index in [1.54, 1.807) is 6.07 Å². The van der Waals surface area contributed by atoms with E-state index in [1.807, 2.05) is 0 Å². The lowest BCUT2D eigenvalue weighted by atomic mass is 10.1. The van der Waals surface area contributed by atoms with Crippen molar-refractivity contribution in [1.82, 2.24) is 4.98 Å². The molecule has 19 heavy (non-hydrogen) atoms. The lowest BCUT2D eigenvalue weighted by molar-refractivity contribution is -0.136. The average molecular weight is 268 g/mol. The fraction of sp³-hybridized carbons (Fsp3) is 0.154. The van der Waals surface area contributed by atoms with Crippen LogP contribution in [-0.4, -0.2) is 10.1 Å². The molecule has 0 aliphatic carbocycles. The maximum atomic E-state index is 12.7. The number of alkyl halides is 3. The minimum Gasteiger partial charge on any atom is -0.506 e. The third-order valence-electron chi connectivity index (χ3n) is 2.50. The molecule has 0 bridgehead atoms. The number of nitrogens with one attached hydrogen (secondary N) is 1. The van der Waals surface area contributed by atoms with Crippen LogP contribution in [0.25, 0.3) is 0 Å². The van der Waals surface area contributed by atoms with E-state index >= 15 is 0 Å². The Hall–Kier alpha value is -2.24. The van der Waals surface area contributed by atoms with Crippen LogP contribution >= 0.6 is 0 Å². The maximum absolute atomic E-state index is 12.7. The number of para-hydroxylation sites is 1. The Labute approximate surface area is 107 Å². The first-order valence-electron chi connectivity index (χ1n) is 5.51. The number of anilines is 1. The molecule has 1 heterocycles. The summed E-state index contributed by atoms with van der Waals surface area (Å²) in [5, 5.41) is 11.8. The van der Waals surface area contributed by atoms with E-state index in [2.05, 4.69) is 10.3 Å². The van der Waals surface area contributed by atoms with Crippen molar-refractivity contribution in [2.45, 2.75) is 12.7 Å². The van der Waals surface area contributed by atoms with Crippen LogP contribution in [0, 0.1) is 0 Å². The highest BCUT2D eigenvalue weighted by Crippen LogP contribution is 2.34. The summed E-state index contributed by atoms with van der Waals surface area (Å²) >= 11 is 0. The van der Waals surface area contributed by atoms with E-state index in [-0.39, 0.29) is 18.0 Å². The summed E-state index contributed by atoms with van der Waals surface area (Å²) in [5.41, 5.74) is -0.173. The molecule has 2 aromatic rings. The van der Waals surface area contributed by atoms with Crippen LogP contribution in [0.2, 0.25) is 0 Å². The molecule has 1 aromatic heterocycles. The number of rotatable bonds is 3. The summed E-state index contributed by atoms with van der Waals surface area (Å²) in [4.78, 5) is 3.89. The molecule has 0 unspecified atom stereocenters. The molecule has 6 heteroatoms. The summed E-state index contributed by atoms with van der Waals surface area (Å²) in [6.07, 6.45) is -3.15. The van der Waals surface area contributed by atoms with Crippen molar-refractivity contribution in [1.29, 1.82) is 0 Å². The van der Waals surface area contributed by atoms with Crippen molar-refractivity contribution in [3.63, 3.8) is 0 Å². The first-order chi connectivity index (χ1) is 8.97. The monoisotopic (exact) mass is 268 g/mol. The predicted octanol–water partition coefficient (Wildman–Crippen LogP) is 3.42. The molecule has 0 atom stereocenters. The van der Waals surface area contributed by atoms with Gasteiger partial charge in [0.05, 0.1) is 24.0 Å². The molecule has 1 aromatic carbocycles.